The minimum Gasteiger partial charge on any atom is -0.458 e. The topological polar surface area (TPSA) is 26.3 Å². The smallest absolute Gasteiger partial charge is 0.309 e. The molecule has 0 saturated heterocycles. The van der Waals surface area contributed by atoms with Gasteiger partial charge in [0.1, 0.15) is 6.10 Å². The van der Waals surface area contributed by atoms with Gasteiger partial charge in [0.2, 0.25) is 0 Å². The number of esters is 1. The summed E-state index contributed by atoms with van der Waals surface area (Å²) in [5.41, 5.74) is 2.53. The molecular formula is C23H36O2. The molecule has 1 aliphatic rings. The summed E-state index contributed by atoms with van der Waals surface area (Å²) in [6.45, 7) is 13.2. The minimum absolute atomic E-state index is 0.00463. The van der Waals surface area contributed by atoms with Crippen LogP contribution >= 0.6 is 0 Å². The molecule has 0 spiro atoms. The van der Waals surface area contributed by atoms with Gasteiger partial charge in [-0.25, -0.2) is 0 Å². The largest absolute Gasteiger partial charge is 0.458 e. The van der Waals surface area contributed by atoms with Gasteiger partial charge in [0.25, 0.3) is 0 Å². The molecular weight excluding hydrogens is 308 g/mol. The molecule has 1 aromatic carbocycles. The van der Waals surface area contributed by atoms with Gasteiger partial charge in [0, 0.05) is 0 Å². The van der Waals surface area contributed by atoms with Crippen molar-refractivity contribution < 1.29 is 9.53 Å². The van der Waals surface area contributed by atoms with E-state index in [1.54, 1.807) is 0 Å². The summed E-state index contributed by atoms with van der Waals surface area (Å²) in [6.07, 6.45) is 5.38. The van der Waals surface area contributed by atoms with Crippen molar-refractivity contribution in [3.05, 3.63) is 35.4 Å². The molecule has 0 N–H and O–H groups in total. The molecule has 25 heavy (non-hydrogen) atoms. The van der Waals surface area contributed by atoms with E-state index in [0.29, 0.717) is 0 Å². The third-order valence-corrected chi connectivity index (χ3v) is 6.09. The summed E-state index contributed by atoms with van der Waals surface area (Å²) in [6, 6.07) is 8.49. The van der Waals surface area contributed by atoms with Crippen LogP contribution in [-0.4, -0.2) is 5.97 Å². The lowest BCUT2D eigenvalue weighted by molar-refractivity contribution is -0.155. The molecule has 1 fully saturated rings. The van der Waals surface area contributed by atoms with Crippen molar-refractivity contribution in [1.82, 2.24) is 0 Å². The number of ether oxygens (including phenoxy) is 1. The number of carbonyl (C=O) groups is 1. The highest BCUT2D eigenvalue weighted by atomic mass is 16.5. The first-order valence-corrected chi connectivity index (χ1v) is 10.0. The summed E-state index contributed by atoms with van der Waals surface area (Å²) in [5.74, 6) is 1.65. The molecule has 0 aromatic heterocycles. The molecule has 2 atom stereocenters. The monoisotopic (exact) mass is 344 g/mol. The van der Waals surface area contributed by atoms with Crippen LogP contribution in [0, 0.1) is 17.8 Å². The Kier molecular flexibility index (Phi) is 6.71. The molecule has 0 aliphatic heterocycles. The SMILES string of the molecule is CCC(C)C1CCC(C(=O)OC(C)c2ccc(C(C)(C)C)cc2)CC1. The van der Waals surface area contributed by atoms with E-state index in [-0.39, 0.29) is 23.4 Å². The van der Waals surface area contributed by atoms with Gasteiger partial charge >= 0.3 is 5.97 Å². The Hall–Kier alpha value is -1.31. The first-order chi connectivity index (χ1) is 11.7. The molecule has 2 rings (SSSR count). The van der Waals surface area contributed by atoms with E-state index < -0.39 is 0 Å². The van der Waals surface area contributed by atoms with E-state index in [4.69, 9.17) is 4.74 Å². The van der Waals surface area contributed by atoms with Gasteiger partial charge in [-0.15, -0.1) is 0 Å². The van der Waals surface area contributed by atoms with Crippen LogP contribution in [-0.2, 0) is 14.9 Å². The first kappa shape index (κ1) is 20.0. The van der Waals surface area contributed by atoms with Crippen molar-refractivity contribution in [2.45, 2.75) is 85.2 Å². The Balaban J connectivity index is 1.88. The van der Waals surface area contributed by atoms with Gasteiger partial charge in [-0.1, -0.05) is 65.3 Å². The van der Waals surface area contributed by atoms with Crippen molar-refractivity contribution in [2.75, 3.05) is 0 Å². The Morgan fingerprint density at radius 3 is 2.12 bits per heavy atom. The maximum absolute atomic E-state index is 12.5. The fourth-order valence-corrected chi connectivity index (χ4v) is 3.85. The van der Waals surface area contributed by atoms with E-state index >= 15 is 0 Å². The van der Waals surface area contributed by atoms with Crippen molar-refractivity contribution in [3.8, 4) is 0 Å². The van der Waals surface area contributed by atoms with Gasteiger partial charge in [-0.05, 0) is 61.0 Å². The minimum atomic E-state index is -0.172. The summed E-state index contributed by atoms with van der Waals surface area (Å²) in [5, 5.41) is 0. The van der Waals surface area contributed by atoms with Crippen molar-refractivity contribution in [3.63, 3.8) is 0 Å². The molecule has 2 heteroatoms. The van der Waals surface area contributed by atoms with Crippen LogP contribution in [0.3, 0.4) is 0 Å². The van der Waals surface area contributed by atoms with Crippen LogP contribution in [0.15, 0.2) is 24.3 Å². The summed E-state index contributed by atoms with van der Waals surface area (Å²) < 4.78 is 5.78. The van der Waals surface area contributed by atoms with Gasteiger partial charge in [0.15, 0.2) is 0 Å². The Morgan fingerprint density at radius 2 is 1.64 bits per heavy atom. The average molecular weight is 345 g/mol. The molecule has 1 saturated carbocycles. The van der Waals surface area contributed by atoms with Gasteiger partial charge in [-0.3, -0.25) is 4.79 Å². The third-order valence-electron chi connectivity index (χ3n) is 6.09. The molecule has 1 aliphatic carbocycles. The lowest BCUT2D eigenvalue weighted by Crippen LogP contribution is -2.26. The fraction of sp³-hybridized carbons (Fsp3) is 0.696. The standard InChI is InChI=1S/C23H36O2/c1-7-16(2)18-8-10-20(11-9-18)22(24)25-17(3)19-12-14-21(15-13-19)23(4,5)6/h12-18,20H,7-11H2,1-6H3. The lowest BCUT2D eigenvalue weighted by Gasteiger charge is -2.31. The number of hydrogen-bond donors (Lipinski definition) is 0. The number of benzene rings is 1. The van der Waals surface area contributed by atoms with Crippen LogP contribution in [0.2, 0.25) is 0 Å². The molecule has 0 amide bonds. The quantitative estimate of drug-likeness (QED) is 0.574. The van der Waals surface area contributed by atoms with Gasteiger partial charge in [-0.2, -0.15) is 0 Å². The van der Waals surface area contributed by atoms with Crippen molar-refractivity contribution >= 4 is 5.97 Å². The molecule has 0 radical (unpaired) electrons. The average Bonchev–Trinajstić information content (AvgIpc) is 2.60. The maximum Gasteiger partial charge on any atom is 0.309 e. The van der Waals surface area contributed by atoms with Crippen molar-refractivity contribution in [2.24, 2.45) is 17.8 Å². The molecule has 2 nitrogen and oxygen atoms in total. The zero-order valence-corrected chi connectivity index (χ0v) is 17.0. The summed E-state index contributed by atoms with van der Waals surface area (Å²) in [7, 11) is 0. The highest BCUT2D eigenvalue weighted by molar-refractivity contribution is 5.72. The van der Waals surface area contributed by atoms with E-state index in [1.165, 1.54) is 24.8 Å². The van der Waals surface area contributed by atoms with Crippen LogP contribution in [0.4, 0.5) is 0 Å². The fourth-order valence-electron chi connectivity index (χ4n) is 3.85. The van der Waals surface area contributed by atoms with Crippen LogP contribution in [0.25, 0.3) is 0 Å². The zero-order valence-electron chi connectivity index (χ0n) is 17.0. The molecule has 0 heterocycles. The van der Waals surface area contributed by atoms with E-state index in [1.807, 2.05) is 6.92 Å². The van der Waals surface area contributed by atoms with Crippen LogP contribution in [0.5, 0.6) is 0 Å². The summed E-state index contributed by atoms with van der Waals surface area (Å²) >= 11 is 0. The van der Waals surface area contributed by atoms with E-state index in [2.05, 4.69) is 58.9 Å². The Morgan fingerprint density at radius 1 is 1.08 bits per heavy atom. The maximum atomic E-state index is 12.5. The normalized spacial score (nSPS) is 23.8. The highest BCUT2D eigenvalue weighted by Gasteiger charge is 2.30. The van der Waals surface area contributed by atoms with E-state index in [9.17, 15) is 4.79 Å². The Labute approximate surface area is 154 Å². The second kappa shape index (κ2) is 8.38. The predicted octanol–water partition coefficient (Wildman–Crippen LogP) is 6.44. The van der Waals surface area contributed by atoms with Crippen LogP contribution in [0.1, 0.15) is 90.9 Å². The zero-order chi connectivity index (χ0) is 18.6. The molecule has 0 bridgehead atoms. The van der Waals surface area contributed by atoms with Gasteiger partial charge in [0.05, 0.1) is 5.92 Å². The lowest BCUT2D eigenvalue weighted by atomic mass is 9.75. The Bertz CT molecular complexity index is 544. The number of rotatable bonds is 5. The summed E-state index contributed by atoms with van der Waals surface area (Å²) in [4.78, 5) is 12.5. The predicted molar refractivity (Wildman–Crippen MR) is 105 cm³/mol. The molecule has 1 aromatic rings. The third kappa shape index (κ3) is 5.33. The second-order valence-electron chi connectivity index (χ2n) is 8.95. The molecule has 2 unspecified atom stereocenters. The number of carbonyl (C=O) groups excluding carboxylic acids is 1. The molecule has 140 valence electrons. The first-order valence-electron chi connectivity index (χ1n) is 10.0. The second-order valence-corrected chi connectivity index (χ2v) is 8.95. The van der Waals surface area contributed by atoms with Gasteiger partial charge < -0.3 is 4.74 Å². The number of hydrogen-bond acceptors (Lipinski definition) is 2. The van der Waals surface area contributed by atoms with Crippen LogP contribution < -0.4 is 0 Å². The highest BCUT2D eigenvalue weighted by Crippen LogP contribution is 2.36. The van der Waals surface area contributed by atoms with E-state index in [0.717, 1.165) is 30.2 Å². The van der Waals surface area contributed by atoms with Crippen molar-refractivity contribution in [1.29, 1.82) is 0 Å².